The lowest BCUT2D eigenvalue weighted by Gasteiger charge is -2.34. The molecule has 52 heavy (non-hydrogen) atoms. The van der Waals surface area contributed by atoms with Crippen LogP contribution in [-0.4, -0.2) is 97.1 Å². The maximum Gasteiger partial charge on any atom is 0.219 e. The van der Waals surface area contributed by atoms with E-state index >= 15 is 0 Å². The van der Waals surface area contributed by atoms with E-state index in [4.69, 9.17) is 0 Å². The fraction of sp³-hybridized carbons (Fsp3) is 0.476. The van der Waals surface area contributed by atoms with Crippen molar-refractivity contribution >= 4 is 34.9 Å². The van der Waals surface area contributed by atoms with Crippen molar-refractivity contribution in [1.82, 2.24) is 20.4 Å². The molecular formula is C42H52N4O6. The topological polar surface area (TPSA) is 133 Å². The molecule has 0 aromatic heterocycles. The molecule has 3 aliphatic rings. The summed E-state index contributed by atoms with van der Waals surface area (Å²) in [5.41, 5.74) is 4.10. The molecule has 1 saturated heterocycles. The smallest absolute Gasteiger partial charge is 0.219 e. The summed E-state index contributed by atoms with van der Waals surface area (Å²) >= 11 is 0. The first-order valence-corrected chi connectivity index (χ1v) is 18.9. The van der Waals surface area contributed by atoms with E-state index in [0.29, 0.717) is 109 Å². The molecule has 276 valence electrons. The van der Waals surface area contributed by atoms with Crippen LogP contribution in [-0.2, 0) is 9.59 Å². The van der Waals surface area contributed by atoms with Gasteiger partial charge in [-0.1, -0.05) is 48.5 Å². The highest BCUT2D eigenvalue weighted by Gasteiger charge is 2.30. The number of fused-ring (bicyclic) bond motifs is 2. The number of rotatable bonds is 18. The van der Waals surface area contributed by atoms with Crippen LogP contribution in [0, 0.1) is 0 Å². The van der Waals surface area contributed by atoms with Crippen molar-refractivity contribution in [1.29, 1.82) is 0 Å². The fourth-order valence-corrected chi connectivity index (χ4v) is 7.35. The van der Waals surface area contributed by atoms with E-state index in [1.807, 2.05) is 0 Å². The molecule has 2 aromatic carbocycles. The van der Waals surface area contributed by atoms with Gasteiger partial charge in [0.05, 0.1) is 0 Å². The number of nitrogens with zero attached hydrogens (tertiary/aromatic N) is 2. The Morgan fingerprint density at radius 1 is 0.519 bits per heavy atom. The van der Waals surface area contributed by atoms with Crippen LogP contribution in [0.2, 0.25) is 0 Å². The molecule has 2 aromatic rings. The van der Waals surface area contributed by atoms with Crippen molar-refractivity contribution in [3.63, 3.8) is 0 Å². The highest BCUT2D eigenvalue weighted by Crippen LogP contribution is 2.30. The molecule has 2 N–H and O–H groups in total. The predicted octanol–water partition coefficient (Wildman–Crippen LogP) is 5.53. The molecule has 1 fully saturated rings. The molecule has 1 heterocycles. The van der Waals surface area contributed by atoms with Gasteiger partial charge in [0, 0.05) is 96.7 Å². The Bertz CT molecular complexity index is 1620. The van der Waals surface area contributed by atoms with Gasteiger partial charge in [-0.3, -0.25) is 28.8 Å². The SMILES string of the molecule is CC1=C(CCCCC(=O)NCCCN2CCN(CCCNC(=O)CCCCC3=C(C)C(=O)c4ccccc4C3=O)CC2)C(=O)c2ccccc2C1=O. The van der Waals surface area contributed by atoms with Gasteiger partial charge in [0.2, 0.25) is 11.8 Å². The Morgan fingerprint density at radius 3 is 1.23 bits per heavy atom. The first-order chi connectivity index (χ1) is 25.2. The molecule has 0 saturated carbocycles. The van der Waals surface area contributed by atoms with Crippen molar-refractivity contribution < 1.29 is 28.8 Å². The van der Waals surface area contributed by atoms with Crippen LogP contribution in [0.4, 0.5) is 0 Å². The minimum absolute atomic E-state index is 0.0202. The van der Waals surface area contributed by atoms with Crippen LogP contribution in [0.3, 0.4) is 0 Å². The molecule has 0 atom stereocenters. The summed E-state index contributed by atoms with van der Waals surface area (Å²) in [7, 11) is 0. The Kier molecular flexibility index (Phi) is 14.0. The number of unbranched alkanes of at least 4 members (excludes halogenated alkanes) is 2. The fourth-order valence-electron chi connectivity index (χ4n) is 7.35. The van der Waals surface area contributed by atoms with Gasteiger partial charge in [-0.05, 0) is 78.3 Å². The average molecular weight is 709 g/mol. The van der Waals surface area contributed by atoms with E-state index in [9.17, 15) is 28.8 Å². The number of Topliss-reactive ketones (excluding diaryl/α,β-unsaturated/α-hetero) is 4. The van der Waals surface area contributed by atoms with E-state index in [2.05, 4.69) is 20.4 Å². The molecule has 2 amide bonds. The van der Waals surface area contributed by atoms with E-state index in [1.165, 1.54) is 0 Å². The summed E-state index contributed by atoms with van der Waals surface area (Å²) in [6.07, 6.45) is 6.29. The van der Waals surface area contributed by atoms with Crippen molar-refractivity contribution in [2.24, 2.45) is 0 Å². The van der Waals surface area contributed by atoms with E-state index < -0.39 is 0 Å². The number of benzene rings is 2. The normalized spacial score (nSPS) is 16.7. The second-order valence-electron chi connectivity index (χ2n) is 14.1. The van der Waals surface area contributed by atoms with Crippen LogP contribution in [0.25, 0.3) is 0 Å². The summed E-state index contributed by atoms with van der Waals surface area (Å²) < 4.78 is 0. The number of piperazine rings is 1. The number of ketones is 4. The van der Waals surface area contributed by atoms with Gasteiger partial charge in [-0.25, -0.2) is 0 Å². The van der Waals surface area contributed by atoms with Crippen molar-refractivity contribution in [3.8, 4) is 0 Å². The van der Waals surface area contributed by atoms with Gasteiger partial charge in [-0.15, -0.1) is 0 Å². The number of allylic oxidation sites excluding steroid dienone is 4. The third kappa shape index (κ3) is 9.86. The van der Waals surface area contributed by atoms with E-state index in [0.717, 1.165) is 52.1 Å². The molecule has 1 aliphatic heterocycles. The number of carbonyl (C=O) groups is 6. The minimum atomic E-state index is -0.0814. The summed E-state index contributed by atoms with van der Waals surface area (Å²) in [5.74, 6) is -0.265. The lowest BCUT2D eigenvalue weighted by atomic mass is 9.83. The molecule has 10 heteroatoms. The Balaban J connectivity index is 0.852. The highest BCUT2D eigenvalue weighted by atomic mass is 16.2. The molecular weight excluding hydrogens is 656 g/mol. The number of hydrogen-bond acceptors (Lipinski definition) is 8. The molecule has 0 bridgehead atoms. The zero-order chi connectivity index (χ0) is 37.0. The highest BCUT2D eigenvalue weighted by molar-refractivity contribution is 6.27. The molecule has 0 radical (unpaired) electrons. The molecule has 5 rings (SSSR count). The van der Waals surface area contributed by atoms with Gasteiger partial charge in [-0.2, -0.15) is 0 Å². The molecule has 10 nitrogen and oxygen atoms in total. The van der Waals surface area contributed by atoms with Crippen molar-refractivity contribution in [2.45, 2.75) is 78.1 Å². The van der Waals surface area contributed by atoms with Crippen LogP contribution in [0.1, 0.15) is 119 Å². The zero-order valence-electron chi connectivity index (χ0n) is 30.7. The average Bonchev–Trinajstić information content (AvgIpc) is 3.16. The van der Waals surface area contributed by atoms with Crippen LogP contribution in [0.5, 0.6) is 0 Å². The van der Waals surface area contributed by atoms with Crippen LogP contribution >= 0.6 is 0 Å². The largest absolute Gasteiger partial charge is 0.356 e. The summed E-state index contributed by atoms with van der Waals surface area (Å²) in [6.45, 7) is 10.5. The first-order valence-electron chi connectivity index (χ1n) is 18.9. The predicted molar refractivity (Wildman–Crippen MR) is 201 cm³/mol. The Hall–Kier alpha value is -4.54. The second kappa shape index (κ2) is 18.8. The number of hydrogen-bond donors (Lipinski definition) is 2. The number of carbonyl (C=O) groups excluding carboxylic acids is 6. The summed E-state index contributed by atoms with van der Waals surface area (Å²) in [6, 6.07) is 13.9. The van der Waals surface area contributed by atoms with E-state index in [-0.39, 0.29) is 34.9 Å². The minimum Gasteiger partial charge on any atom is -0.356 e. The lowest BCUT2D eigenvalue weighted by molar-refractivity contribution is -0.122. The van der Waals surface area contributed by atoms with Gasteiger partial charge in [0.15, 0.2) is 23.1 Å². The maximum atomic E-state index is 12.9. The standard InChI is InChI=1S/C42H52N4O6/c1-29-31(41(51)35-17-5-3-15-33(35)39(29)49)13-7-9-19-37(47)43-21-11-23-45-25-27-46(28-26-45)24-12-22-44-38(48)20-10-8-14-32-30(2)40(50)34-16-4-6-18-36(34)42(32)52/h3-6,15-18H,7-14,19-28H2,1-2H3,(H,43,47)(H,44,48). The third-order valence-corrected chi connectivity index (χ3v) is 10.5. The number of amides is 2. The lowest BCUT2D eigenvalue weighted by Crippen LogP contribution is -2.47. The summed E-state index contributed by atoms with van der Waals surface area (Å²) in [5, 5.41) is 6.04. The molecule has 0 unspecified atom stereocenters. The quantitative estimate of drug-likeness (QED) is 0.193. The van der Waals surface area contributed by atoms with E-state index in [1.54, 1.807) is 62.4 Å². The molecule has 0 spiro atoms. The maximum absolute atomic E-state index is 12.9. The van der Waals surface area contributed by atoms with Gasteiger partial charge in [0.25, 0.3) is 0 Å². The number of nitrogens with one attached hydrogen (secondary N) is 2. The van der Waals surface area contributed by atoms with Crippen molar-refractivity contribution in [3.05, 3.63) is 93.1 Å². The first kappa shape index (κ1) is 38.7. The van der Waals surface area contributed by atoms with Crippen LogP contribution in [0.15, 0.2) is 70.8 Å². The van der Waals surface area contributed by atoms with Gasteiger partial charge < -0.3 is 20.4 Å². The molecule has 2 aliphatic carbocycles. The van der Waals surface area contributed by atoms with Crippen LogP contribution < -0.4 is 10.6 Å². The Labute approximate surface area is 307 Å². The monoisotopic (exact) mass is 708 g/mol. The summed E-state index contributed by atoms with van der Waals surface area (Å²) in [4.78, 5) is 80.7. The Morgan fingerprint density at radius 2 is 0.865 bits per heavy atom. The van der Waals surface area contributed by atoms with Gasteiger partial charge >= 0.3 is 0 Å². The van der Waals surface area contributed by atoms with Gasteiger partial charge in [0.1, 0.15) is 0 Å². The second-order valence-corrected chi connectivity index (χ2v) is 14.1. The zero-order valence-corrected chi connectivity index (χ0v) is 30.7. The third-order valence-electron chi connectivity index (χ3n) is 10.5. The van der Waals surface area contributed by atoms with Crippen molar-refractivity contribution in [2.75, 3.05) is 52.4 Å².